The van der Waals surface area contributed by atoms with Crippen molar-refractivity contribution in [3.63, 3.8) is 0 Å². The van der Waals surface area contributed by atoms with E-state index in [0.717, 1.165) is 21.4 Å². The Morgan fingerprint density at radius 2 is 1.77 bits per heavy atom. The van der Waals surface area contributed by atoms with Gasteiger partial charge in [0.05, 0.1) is 11.3 Å². The summed E-state index contributed by atoms with van der Waals surface area (Å²) in [6.07, 6.45) is 3.15. The number of aryl methyl sites for hydroxylation is 1. The highest BCUT2D eigenvalue weighted by Gasteiger charge is 2.35. The minimum absolute atomic E-state index is 0.00982. The number of carbonyl (C=O) groups is 4. The number of amides is 3. The van der Waals surface area contributed by atoms with Gasteiger partial charge in [-0.15, -0.1) is 0 Å². The second-order valence-corrected chi connectivity index (χ2v) is 9.34. The van der Waals surface area contributed by atoms with Gasteiger partial charge >= 0.3 is 5.97 Å². The van der Waals surface area contributed by atoms with Crippen molar-refractivity contribution in [1.29, 1.82) is 0 Å². The molecule has 1 aliphatic heterocycles. The molecule has 0 spiro atoms. The molecule has 2 heterocycles. The molecule has 4 aromatic rings. The largest absolute Gasteiger partial charge is 0.478 e. The van der Waals surface area contributed by atoms with Gasteiger partial charge in [0, 0.05) is 28.4 Å². The lowest BCUT2D eigenvalue weighted by atomic mass is 10.1. The van der Waals surface area contributed by atoms with Crippen LogP contribution in [-0.4, -0.2) is 38.5 Å². The molecule has 39 heavy (non-hydrogen) atoms. The Labute approximate surface area is 228 Å². The van der Waals surface area contributed by atoms with Crippen molar-refractivity contribution in [1.82, 2.24) is 9.88 Å². The van der Waals surface area contributed by atoms with Crippen LogP contribution in [0.15, 0.2) is 84.6 Å². The fourth-order valence-electron chi connectivity index (χ4n) is 4.34. The fraction of sp³-hybridized carbons (Fsp3) is 0.0690. The molecule has 0 unspecified atom stereocenters. The molecule has 9 nitrogen and oxygen atoms in total. The SMILES string of the molecule is Cc1ccc(NC(=O)Cn2cc(C=C3C(=O)NC(=S)N(c4cccc(C(=O)O)c4)C3=O)c3ccccc32)cc1. The first kappa shape index (κ1) is 25.6. The Kier molecular flexibility index (Phi) is 6.78. The van der Waals surface area contributed by atoms with Crippen LogP contribution in [0.25, 0.3) is 17.0 Å². The van der Waals surface area contributed by atoms with Gasteiger partial charge in [0.1, 0.15) is 12.1 Å². The van der Waals surface area contributed by atoms with Crippen molar-refractivity contribution in [2.45, 2.75) is 13.5 Å². The molecule has 0 radical (unpaired) electrons. The van der Waals surface area contributed by atoms with Crippen LogP contribution in [0.1, 0.15) is 21.5 Å². The molecular weight excluding hydrogens is 516 g/mol. The van der Waals surface area contributed by atoms with Gasteiger partial charge in [-0.1, -0.05) is 42.0 Å². The zero-order valence-corrected chi connectivity index (χ0v) is 21.5. The van der Waals surface area contributed by atoms with Gasteiger partial charge in [-0.3, -0.25) is 24.6 Å². The van der Waals surface area contributed by atoms with Crippen molar-refractivity contribution >= 4 is 69.4 Å². The van der Waals surface area contributed by atoms with Crippen LogP contribution >= 0.6 is 12.2 Å². The van der Waals surface area contributed by atoms with E-state index in [9.17, 15) is 24.3 Å². The van der Waals surface area contributed by atoms with E-state index in [1.165, 1.54) is 30.3 Å². The number of benzene rings is 3. The molecule has 0 bridgehead atoms. The topological polar surface area (TPSA) is 121 Å². The summed E-state index contributed by atoms with van der Waals surface area (Å²) in [5.41, 5.74) is 3.06. The molecule has 0 atom stereocenters. The van der Waals surface area contributed by atoms with Crippen molar-refractivity contribution < 1.29 is 24.3 Å². The summed E-state index contributed by atoms with van der Waals surface area (Å²) in [6, 6.07) is 20.5. The number of thiocarbonyl (C=S) groups is 1. The molecule has 1 aromatic heterocycles. The van der Waals surface area contributed by atoms with E-state index in [-0.39, 0.29) is 34.4 Å². The lowest BCUT2D eigenvalue weighted by Crippen LogP contribution is -2.54. The zero-order chi connectivity index (χ0) is 27.7. The van der Waals surface area contributed by atoms with E-state index < -0.39 is 17.8 Å². The first-order chi connectivity index (χ1) is 18.7. The maximum Gasteiger partial charge on any atom is 0.335 e. The molecule has 3 aromatic carbocycles. The number of carboxylic acids is 1. The second-order valence-electron chi connectivity index (χ2n) is 8.96. The van der Waals surface area contributed by atoms with Crippen molar-refractivity contribution in [3.8, 4) is 0 Å². The number of hydrogen-bond donors (Lipinski definition) is 3. The molecule has 0 aliphatic carbocycles. The Hall–Kier alpha value is -5.09. The highest BCUT2D eigenvalue weighted by atomic mass is 32.1. The lowest BCUT2D eigenvalue weighted by Gasteiger charge is -2.29. The zero-order valence-electron chi connectivity index (χ0n) is 20.7. The fourth-order valence-corrected chi connectivity index (χ4v) is 4.62. The smallest absolute Gasteiger partial charge is 0.335 e. The van der Waals surface area contributed by atoms with Crippen LogP contribution in [0.2, 0.25) is 0 Å². The third-order valence-electron chi connectivity index (χ3n) is 6.22. The summed E-state index contributed by atoms with van der Waals surface area (Å²) in [6.45, 7) is 1.97. The predicted molar refractivity (Wildman–Crippen MR) is 151 cm³/mol. The molecule has 3 N–H and O–H groups in total. The van der Waals surface area contributed by atoms with E-state index in [2.05, 4.69) is 10.6 Å². The van der Waals surface area contributed by atoms with E-state index in [0.29, 0.717) is 11.3 Å². The molecule has 194 valence electrons. The molecular formula is C29H22N4O5S. The van der Waals surface area contributed by atoms with Gasteiger partial charge in [-0.2, -0.15) is 0 Å². The predicted octanol–water partition coefficient (Wildman–Crippen LogP) is 4.12. The van der Waals surface area contributed by atoms with Gasteiger partial charge < -0.3 is 15.0 Å². The van der Waals surface area contributed by atoms with Crippen LogP contribution in [0.4, 0.5) is 11.4 Å². The number of anilines is 2. The standard InChI is InChI=1S/C29H22N4O5S/c1-17-9-11-20(12-10-17)30-25(34)16-32-15-19(22-7-2-3-8-24(22)32)14-23-26(35)31-29(39)33(27(23)36)21-6-4-5-18(13-21)28(37)38/h2-15H,16H2,1H3,(H,30,34)(H,37,38)(H,31,35,39). The van der Waals surface area contributed by atoms with Crippen molar-refractivity contribution in [2.75, 3.05) is 10.2 Å². The maximum absolute atomic E-state index is 13.5. The third kappa shape index (κ3) is 5.18. The molecule has 0 saturated carbocycles. The number of para-hydroxylation sites is 1. The van der Waals surface area contributed by atoms with E-state index in [1.54, 1.807) is 10.8 Å². The minimum Gasteiger partial charge on any atom is -0.478 e. The number of fused-ring (bicyclic) bond motifs is 1. The van der Waals surface area contributed by atoms with Gasteiger partial charge in [0.25, 0.3) is 11.8 Å². The summed E-state index contributed by atoms with van der Waals surface area (Å²) in [7, 11) is 0. The minimum atomic E-state index is -1.16. The van der Waals surface area contributed by atoms with Crippen LogP contribution in [0, 0.1) is 6.92 Å². The maximum atomic E-state index is 13.5. The first-order valence-electron chi connectivity index (χ1n) is 11.9. The van der Waals surface area contributed by atoms with Gasteiger partial charge in [-0.05, 0) is 61.6 Å². The summed E-state index contributed by atoms with van der Waals surface area (Å²) >= 11 is 5.23. The molecule has 5 rings (SSSR count). The van der Waals surface area contributed by atoms with Crippen molar-refractivity contribution in [3.05, 3.63) is 101 Å². The lowest BCUT2D eigenvalue weighted by molar-refractivity contribution is -0.122. The Bertz CT molecular complexity index is 1700. The number of rotatable bonds is 6. The summed E-state index contributed by atoms with van der Waals surface area (Å²) in [4.78, 5) is 51.6. The van der Waals surface area contributed by atoms with Crippen LogP contribution in [0.3, 0.4) is 0 Å². The number of aromatic carboxylic acids is 1. The van der Waals surface area contributed by atoms with E-state index >= 15 is 0 Å². The summed E-state index contributed by atoms with van der Waals surface area (Å²) in [5, 5.41) is 15.3. The van der Waals surface area contributed by atoms with Gasteiger partial charge in [-0.25, -0.2) is 4.79 Å². The third-order valence-corrected chi connectivity index (χ3v) is 6.51. The summed E-state index contributed by atoms with van der Waals surface area (Å²) < 4.78 is 1.75. The second kappa shape index (κ2) is 10.3. The van der Waals surface area contributed by atoms with Crippen LogP contribution in [-0.2, 0) is 20.9 Å². The number of aromatic nitrogens is 1. The number of nitrogens with zero attached hydrogens (tertiary/aromatic N) is 2. The summed E-state index contributed by atoms with van der Waals surface area (Å²) in [5.74, 6) is -2.77. The molecule has 3 amide bonds. The van der Waals surface area contributed by atoms with Gasteiger partial charge in [0.2, 0.25) is 5.91 Å². The van der Waals surface area contributed by atoms with E-state index in [1.807, 2.05) is 55.5 Å². The highest BCUT2D eigenvalue weighted by Crippen LogP contribution is 2.27. The number of carboxylic acid groups (broad SMARTS) is 1. The van der Waals surface area contributed by atoms with Crippen LogP contribution in [0.5, 0.6) is 0 Å². The Morgan fingerprint density at radius 3 is 2.51 bits per heavy atom. The quantitative estimate of drug-likeness (QED) is 0.193. The Morgan fingerprint density at radius 1 is 1.03 bits per heavy atom. The molecule has 1 saturated heterocycles. The molecule has 1 aliphatic rings. The van der Waals surface area contributed by atoms with Gasteiger partial charge in [0.15, 0.2) is 5.11 Å². The van der Waals surface area contributed by atoms with E-state index in [4.69, 9.17) is 12.2 Å². The number of carbonyl (C=O) groups excluding carboxylic acids is 3. The average Bonchev–Trinajstić information content (AvgIpc) is 3.25. The number of nitrogens with one attached hydrogen (secondary N) is 2. The highest BCUT2D eigenvalue weighted by molar-refractivity contribution is 7.80. The average molecular weight is 539 g/mol. The molecule has 1 fully saturated rings. The van der Waals surface area contributed by atoms with Crippen molar-refractivity contribution in [2.24, 2.45) is 0 Å². The number of hydrogen-bond acceptors (Lipinski definition) is 5. The Balaban J connectivity index is 1.48. The molecule has 10 heteroatoms. The van der Waals surface area contributed by atoms with Crippen LogP contribution < -0.4 is 15.5 Å². The normalized spacial score (nSPS) is 14.5. The monoisotopic (exact) mass is 538 g/mol. The first-order valence-corrected chi connectivity index (χ1v) is 12.3.